The molecule has 1 fully saturated rings. The minimum absolute atomic E-state index is 0.0414. The molecule has 1 amide bonds. The number of hydrogen-bond acceptors (Lipinski definition) is 4. The van der Waals surface area contributed by atoms with E-state index in [1.54, 1.807) is 28.8 Å². The van der Waals surface area contributed by atoms with E-state index in [4.69, 9.17) is 16.3 Å². The summed E-state index contributed by atoms with van der Waals surface area (Å²) < 4.78 is 9.18. The molecule has 8 heteroatoms. The molecule has 0 bridgehead atoms. The second-order valence-electron chi connectivity index (χ2n) is 5.80. The highest BCUT2D eigenvalue weighted by Crippen LogP contribution is 2.33. The highest BCUT2D eigenvalue weighted by molar-refractivity contribution is 6.31. The second kappa shape index (κ2) is 6.72. The molecule has 3 rings (SSSR count). The van der Waals surface area contributed by atoms with Gasteiger partial charge in [0, 0.05) is 38.7 Å². The molecule has 3 heterocycles. The van der Waals surface area contributed by atoms with Crippen LogP contribution in [0.5, 0.6) is 0 Å². The first-order valence-electron chi connectivity index (χ1n) is 7.60. The minimum Gasteiger partial charge on any atom is -0.373 e. The monoisotopic (exact) mass is 337 g/mol. The lowest BCUT2D eigenvalue weighted by Gasteiger charge is -2.30. The number of carbonyl (C=O) groups excluding carboxylic acids is 1. The second-order valence-corrected chi connectivity index (χ2v) is 6.21. The Morgan fingerprint density at radius 1 is 1.43 bits per heavy atom. The normalized spacial score (nSPS) is 21.3. The standard InChI is InChI=1S/C15H20ClN5O2/c1-20-8-10(6-18-20)14-11(4-3-5-23-14)15(22)17-7-13-12(16)9-21(2)19-13/h6,8-9,11,14H,3-5,7H2,1-2H3,(H,17,22)/t11-,14+/m1/s1. The summed E-state index contributed by atoms with van der Waals surface area (Å²) in [4.78, 5) is 12.6. The van der Waals surface area contributed by atoms with Crippen LogP contribution in [0.4, 0.5) is 0 Å². The third-order valence-electron chi connectivity index (χ3n) is 4.00. The Bertz CT molecular complexity index is 696. The molecule has 1 saturated heterocycles. The molecule has 124 valence electrons. The van der Waals surface area contributed by atoms with E-state index in [-0.39, 0.29) is 17.9 Å². The average molecular weight is 338 g/mol. The van der Waals surface area contributed by atoms with Crippen LogP contribution in [0, 0.1) is 5.92 Å². The minimum atomic E-state index is -0.253. The molecule has 2 aromatic heterocycles. The first-order valence-corrected chi connectivity index (χ1v) is 7.98. The summed E-state index contributed by atoms with van der Waals surface area (Å²) in [6.07, 6.45) is 6.78. The topological polar surface area (TPSA) is 74.0 Å². The number of halogens is 1. The Morgan fingerprint density at radius 3 is 2.91 bits per heavy atom. The zero-order valence-corrected chi connectivity index (χ0v) is 14.0. The van der Waals surface area contributed by atoms with Gasteiger partial charge in [0.25, 0.3) is 0 Å². The van der Waals surface area contributed by atoms with E-state index in [1.807, 2.05) is 13.2 Å². The van der Waals surface area contributed by atoms with Gasteiger partial charge in [-0.25, -0.2) is 0 Å². The quantitative estimate of drug-likeness (QED) is 0.919. The summed E-state index contributed by atoms with van der Waals surface area (Å²) in [5.74, 6) is -0.268. The van der Waals surface area contributed by atoms with Gasteiger partial charge < -0.3 is 10.1 Å². The number of carbonyl (C=O) groups is 1. The molecule has 0 unspecified atom stereocenters. The fourth-order valence-corrected chi connectivity index (χ4v) is 3.14. The van der Waals surface area contributed by atoms with Crippen LogP contribution in [-0.2, 0) is 30.2 Å². The van der Waals surface area contributed by atoms with Crippen molar-refractivity contribution < 1.29 is 9.53 Å². The molecule has 0 radical (unpaired) electrons. The number of aromatic nitrogens is 4. The van der Waals surface area contributed by atoms with Gasteiger partial charge in [-0.1, -0.05) is 11.6 Å². The fourth-order valence-electron chi connectivity index (χ4n) is 2.89. The number of rotatable bonds is 4. The molecule has 23 heavy (non-hydrogen) atoms. The van der Waals surface area contributed by atoms with E-state index in [0.29, 0.717) is 23.9 Å². The fraction of sp³-hybridized carbons (Fsp3) is 0.533. The summed E-state index contributed by atoms with van der Waals surface area (Å²) in [5.41, 5.74) is 1.60. The van der Waals surface area contributed by atoms with E-state index in [1.165, 1.54) is 0 Å². The van der Waals surface area contributed by atoms with Crippen molar-refractivity contribution in [1.82, 2.24) is 24.9 Å². The van der Waals surface area contributed by atoms with E-state index in [2.05, 4.69) is 15.5 Å². The molecule has 2 aromatic rings. The Labute approximate surface area is 139 Å². The van der Waals surface area contributed by atoms with Crippen molar-refractivity contribution in [1.29, 1.82) is 0 Å². The summed E-state index contributed by atoms with van der Waals surface area (Å²) in [5, 5.41) is 11.9. The largest absolute Gasteiger partial charge is 0.373 e. The smallest absolute Gasteiger partial charge is 0.226 e. The Balaban J connectivity index is 1.67. The van der Waals surface area contributed by atoms with Crippen LogP contribution in [-0.4, -0.2) is 32.1 Å². The molecule has 0 saturated carbocycles. The van der Waals surface area contributed by atoms with E-state index < -0.39 is 0 Å². The number of aryl methyl sites for hydroxylation is 2. The number of nitrogens with zero attached hydrogens (tertiary/aromatic N) is 4. The van der Waals surface area contributed by atoms with Crippen molar-refractivity contribution in [3.8, 4) is 0 Å². The molecule has 1 aliphatic heterocycles. The number of ether oxygens (including phenoxy) is 1. The van der Waals surface area contributed by atoms with Crippen LogP contribution in [0.25, 0.3) is 0 Å². The first-order chi connectivity index (χ1) is 11.0. The zero-order valence-electron chi connectivity index (χ0n) is 13.2. The maximum absolute atomic E-state index is 12.6. The van der Waals surface area contributed by atoms with Crippen molar-refractivity contribution in [2.45, 2.75) is 25.5 Å². The van der Waals surface area contributed by atoms with Crippen molar-refractivity contribution >= 4 is 17.5 Å². The predicted octanol–water partition coefficient (Wildman–Crippen LogP) is 1.59. The molecular formula is C15H20ClN5O2. The first kappa shape index (κ1) is 16.0. The lowest BCUT2D eigenvalue weighted by atomic mass is 9.90. The van der Waals surface area contributed by atoms with Crippen LogP contribution in [0.1, 0.15) is 30.2 Å². The van der Waals surface area contributed by atoms with Crippen LogP contribution in [0.15, 0.2) is 18.6 Å². The van der Waals surface area contributed by atoms with Crippen LogP contribution in [0.3, 0.4) is 0 Å². The highest BCUT2D eigenvalue weighted by Gasteiger charge is 2.33. The molecule has 7 nitrogen and oxygen atoms in total. The third-order valence-corrected chi connectivity index (χ3v) is 4.31. The third kappa shape index (κ3) is 3.56. The Hall–Kier alpha value is -1.86. The zero-order chi connectivity index (χ0) is 16.4. The van der Waals surface area contributed by atoms with Gasteiger partial charge in [0.2, 0.25) is 5.91 Å². The maximum atomic E-state index is 12.6. The van der Waals surface area contributed by atoms with Gasteiger partial charge in [-0.05, 0) is 12.8 Å². The van der Waals surface area contributed by atoms with Gasteiger partial charge in [0.05, 0.1) is 29.8 Å². The van der Waals surface area contributed by atoms with Crippen LogP contribution < -0.4 is 5.32 Å². The molecule has 2 atom stereocenters. The van der Waals surface area contributed by atoms with Crippen molar-refractivity contribution in [3.63, 3.8) is 0 Å². The lowest BCUT2D eigenvalue weighted by Crippen LogP contribution is -2.37. The predicted molar refractivity (Wildman–Crippen MR) is 84.7 cm³/mol. The Morgan fingerprint density at radius 2 is 2.26 bits per heavy atom. The molecule has 0 spiro atoms. The summed E-state index contributed by atoms with van der Waals surface area (Å²) >= 11 is 6.07. The van der Waals surface area contributed by atoms with Gasteiger partial charge >= 0.3 is 0 Å². The van der Waals surface area contributed by atoms with Crippen LogP contribution >= 0.6 is 11.6 Å². The summed E-state index contributed by atoms with van der Waals surface area (Å²) in [7, 11) is 3.65. The molecule has 0 aliphatic carbocycles. The number of hydrogen-bond donors (Lipinski definition) is 1. The van der Waals surface area contributed by atoms with E-state index in [0.717, 1.165) is 18.4 Å². The van der Waals surface area contributed by atoms with Gasteiger partial charge in [0.1, 0.15) is 5.69 Å². The van der Waals surface area contributed by atoms with Gasteiger partial charge in [0.15, 0.2) is 0 Å². The number of nitrogens with one attached hydrogen (secondary N) is 1. The summed E-state index contributed by atoms with van der Waals surface area (Å²) in [6.45, 7) is 0.976. The number of amides is 1. The average Bonchev–Trinajstić information content (AvgIpc) is 3.10. The molecular weight excluding hydrogens is 318 g/mol. The highest BCUT2D eigenvalue weighted by atomic mass is 35.5. The van der Waals surface area contributed by atoms with Gasteiger partial charge in [-0.3, -0.25) is 14.2 Å². The Kier molecular flexibility index (Phi) is 4.68. The van der Waals surface area contributed by atoms with E-state index >= 15 is 0 Å². The van der Waals surface area contributed by atoms with Gasteiger partial charge in [-0.2, -0.15) is 10.2 Å². The summed E-state index contributed by atoms with van der Waals surface area (Å²) in [6, 6.07) is 0. The van der Waals surface area contributed by atoms with E-state index in [9.17, 15) is 4.79 Å². The van der Waals surface area contributed by atoms with Crippen LogP contribution in [0.2, 0.25) is 5.02 Å². The molecule has 0 aromatic carbocycles. The maximum Gasteiger partial charge on any atom is 0.226 e. The van der Waals surface area contributed by atoms with Crippen molar-refractivity contribution in [3.05, 3.63) is 34.9 Å². The SMILES string of the molecule is Cn1cc([C@@H]2OCCC[C@H]2C(=O)NCc2nn(C)cc2Cl)cn1. The van der Waals surface area contributed by atoms with Crippen molar-refractivity contribution in [2.75, 3.05) is 6.61 Å². The lowest BCUT2D eigenvalue weighted by molar-refractivity contribution is -0.134. The van der Waals surface area contributed by atoms with Crippen molar-refractivity contribution in [2.24, 2.45) is 20.0 Å². The van der Waals surface area contributed by atoms with Gasteiger partial charge in [-0.15, -0.1) is 0 Å². The molecule has 1 N–H and O–H groups in total. The molecule has 1 aliphatic rings.